The van der Waals surface area contributed by atoms with Crippen LogP contribution in [-0.4, -0.2) is 50.9 Å². The fraction of sp³-hybridized carbons (Fsp3) is 0.333. The number of nitrogens with one attached hydrogen (secondary N) is 1. The van der Waals surface area contributed by atoms with E-state index in [1.54, 1.807) is 63.4 Å². The normalized spacial score (nSPS) is 12.1. The van der Waals surface area contributed by atoms with E-state index in [9.17, 15) is 18.0 Å². The fourth-order valence-corrected chi connectivity index (χ4v) is 5.64. The highest BCUT2D eigenvalue weighted by molar-refractivity contribution is 7.92. The quantitative estimate of drug-likeness (QED) is 0.338. The van der Waals surface area contributed by atoms with Gasteiger partial charge in [0.15, 0.2) is 0 Å². The molecule has 1 atom stereocenters. The minimum absolute atomic E-state index is 0.0348. The Kier molecular flexibility index (Phi) is 10.2. The molecule has 0 saturated heterocycles. The summed E-state index contributed by atoms with van der Waals surface area (Å²) in [5.41, 5.74) is 2.63. The lowest BCUT2D eigenvalue weighted by molar-refractivity contribution is -0.139. The number of carbonyl (C=O) groups excluding carboxylic acids is 2. The Hall–Kier alpha value is -3.56. The molecule has 0 saturated carbocycles. The number of aryl methyl sites for hydroxylation is 2. The van der Waals surface area contributed by atoms with Gasteiger partial charge in [-0.15, -0.1) is 0 Å². The van der Waals surface area contributed by atoms with Crippen molar-refractivity contribution in [3.8, 4) is 5.75 Å². The third-order valence-corrected chi connectivity index (χ3v) is 8.61. The van der Waals surface area contributed by atoms with Crippen molar-refractivity contribution in [2.24, 2.45) is 0 Å². The number of sulfonamides is 1. The molecule has 10 heteroatoms. The van der Waals surface area contributed by atoms with Crippen molar-refractivity contribution in [2.45, 2.75) is 58.1 Å². The summed E-state index contributed by atoms with van der Waals surface area (Å²) in [6, 6.07) is 17.4. The number of halogens is 1. The van der Waals surface area contributed by atoms with Gasteiger partial charge in [-0.2, -0.15) is 0 Å². The predicted molar refractivity (Wildman–Crippen MR) is 158 cm³/mol. The van der Waals surface area contributed by atoms with Gasteiger partial charge in [0.25, 0.3) is 10.0 Å². The van der Waals surface area contributed by atoms with Gasteiger partial charge in [0.2, 0.25) is 11.8 Å². The highest BCUT2D eigenvalue weighted by Crippen LogP contribution is 2.29. The minimum Gasteiger partial charge on any atom is -0.497 e. The number of carbonyl (C=O) groups is 2. The standard InChI is InChI=1S/C30H36ClN3O5S/c1-20(2)32-30(36)23(5)33(18-24-8-7-9-26(16-24)39-6)29(35)19-34(25-13-12-22(4)28(31)17-25)40(37,38)27-14-10-21(3)11-15-27/h7-17,20,23H,18-19H2,1-6H3,(H,32,36). The number of anilines is 1. The molecule has 8 nitrogen and oxygen atoms in total. The summed E-state index contributed by atoms with van der Waals surface area (Å²) in [6.45, 7) is 8.47. The lowest BCUT2D eigenvalue weighted by Crippen LogP contribution is -2.52. The molecule has 0 spiro atoms. The highest BCUT2D eigenvalue weighted by Gasteiger charge is 2.33. The highest BCUT2D eigenvalue weighted by atomic mass is 35.5. The zero-order valence-corrected chi connectivity index (χ0v) is 25.2. The summed E-state index contributed by atoms with van der Waals surface area (Å²) in [7, 11) is -2.63. The van der Waals surface area contributed by atoms with E-state index in [2.05, 4.69) is 5.32 Å². The first-order valence-electron chi connectivity index (χ1n) is 12.9. The molecule has 3 rings (SSSR count). The Morgan fingerprint density at radius 3 is 2.25 bits per heavy atom. The lowest BCUT2D eigenvalue weighted by Gasteiger charge is -2.32. The van der Waals surface area contributed by atoms with Crippen molar-refractivity contribution in [3.05, 3.63) is 88.4 Å². The number of benzene rings is 3. The van der Waals surface area contributed by atoms with Crippen LogP contribution in [0.1, 0.15) is 37.5 Å². The minimum atomic E-state index is -4.17. The van der Waals surface area contributed by atoms with E-state index in [1.807, 2.05) is 26.8 Å². The number of amides is 2. The zero-order chi connectivity index (χ0) is 29.6. The average Bonchev–Trinajstić information content (AvgIpc) is 2.91. The van der Waals surface area contributed by atoms with E-state index in [0.717, 1.165) is 21.0 Å². The molecule has 40 heavy (non-hydrogen) atoms. The second-order valence-corrected chi connectivity index (χ2v) is 12.2. The zero-order valence-electron chi connectivity index (χ0n) is 23.6. The van der Waals surface area contributed by atoms with Crippen LogP contribution in [0.25, 0.3) is 0 Å². The average molecular weight is 586 g/mol. The van der Waals surface area contributed by atoms with Gasteiger partial charge in [0.1, 0.15) is 18.3 Å². The Balaban J connectivity index is 2.06. The predicted octanol–water partition coefficient (Wildman–Crippen LogP) is 5.10. The van der Waals surface area contributed by atoms with E-state index in [1.165, 1.54) is 23.1 Å². The van der Waals surface area contributed by atoms with Crippen LogP contribution in [0.2, 0.25) is 5.02 Å². The summed E-state index contributed by atoms with van der Waals surface area (Å²) in [4.78, 5) is 28.4. The van der Waals surface area contributed by atoms with Crippen molar-refractivity contribution in [1.29, 1.82) is 0 Å². The fourth-order valence-electron chi connectivity index (χ4n) is 4.06. The van der Waals surface area contributed by atoms with Crippen molar-refractivity contribution in [2.75, 3.05) is 18.0 Å². The second kappa shape index (κ2) is 13.2. The third kappa shape index (κ3) is 7.55. The van der Waals surface area contributed by atoms with Crippen molar-refractivity contribution in [3.63, 3.8) is 0 Å². The molecule has 0 heterocycles. The van der Waals surface area contributed by atoms with Gasteiger partial charge >= 0.3 is 0 Å². The van der Waals surface area contributed by atoms with E-state index in [0.29, 0.717) is 10.8 Å². The molecule has 3 aromatic rings. The molecule has 2 amide bonds. The molecule has 0 fully saturated rings. The Morgan fingerprint density at radius 2 is 1.65 bits per heavy atom. The van der Waals surface area contributed by atoms with E-state index in [4.69, 9.17) is 16.3 Å². The number of nitrogens with zero attached hydrogens (tertiary/aromatic N) is 2. The second-order valence-electron chi connectivity index (χ2n) is 9.97. The Bertz CT molecular complexity index is 1460. The maximum absolute atomic E-state index is 14.0. The van der Waals surface area contributed by atoms with Crippen LogP contribution in [0.4, 0.5) is 5.69 Å². The summed E-state index contributed by atoms with van der Waals surface area (Å²) in [5, 5.41) is 3.21. The monoisotopic (exact) mass is 585 g/mol. The molecule has 214 valence electrons. The summed E-state index contributed by atoms with van der Waals surface area (Å²) in [6.07, 6.45) is 0. The Morgan fingerprint density at radius 1 is 0.975 bits per heavy atom. The molecule has 0 aromatic heterocycles. The molecule has 0 radical (unpaired) electrons. The first-order chi connectivity index (χ1) is 18.8. The first kappa shape index (κ1) is 31.0. The van der Waals surface area contributed by atoms with Gasteiger partial charge in [0, 0.05) is 17.6 Å². The number of ether oxygens (including phenoxy) is 1. The van der Waals surface area contributed by atoms with Gasteiger partial charge in [-0.3, -0.25) is 13.9 Å². The van der Waals surface area contributed by atoms with Gasteiger partial charge in [-0.1, -0.05) is 47.5 Å². The smallest absolute Gasteiger partial charge is 0.264 e. The van der Waals surface area contributed by atoms with E-state index >= 15 is 0 Å². The summed E-state index contributed by atoms with van der Waals surface area (Å²) >= 11 is 6.37. The molecule has 0 bridgehead atoms. The van der Waals surface area contributed by atoms with E-state index in [-0.39, 0.29) is 29.1 Å². The third-order valence-electron chi connectivity index (χ3n) is 6.42. The summed E-state index contributed by atoms with van der Waals surface area (Å²) in [5.74, 6) is -0.304. The number of rotatable bonds is 11. The van der Waals surface area contributed by atoms with Crippen LogP contribution in [0.15, 0.2) is 71.6 Å². The van der Waals surface area contributed by atoms with E-state index < -0.39 is 28.5 Å². The SMILES string of the molecule is COc1cccc(CN(C(=O)CN(c2ccc(C)c(Cl)c2)S(=O)(=O)c2ccc(C)cc2)C(C)C(=O)NC(C)C)c1. The number of hydrogen-bond acceptors (Lipinski definition) is 5. The van der Waals surface area contributed by atoms with Crippen LogP contribution in [0.3, 0.4) is 0 Å². The molecule has 3 aromatic carbocycles. The molecule has 1 N–H and O–H groups in total. The van der Waals surface area contributed by atoms with Gasteiger partial charge in [-0.25, -0.2) is 8.42 Å². The maximum Gasteiger partial charge on any atom is 0.264 e. The van der Waals surface area contributed by atoms with Crippen LogP contribution < -0.4 is 14.4 Å². The Labute approximate surface area is 241 Å². The largest absolute Gasteiger partial charge is 0.497 e. The van der Waals surface area contributed by atoms with Crippen molar-refractivity contribution < 1.29 is 22.7 Å². The molecular weight excluding hydrogens is 550 g/mol. The molecule has 0 aliphatic carbocycles. The van der Waals surface area contributed by atoms with Crippen LogP contribution in [0.5, 0.6) is 5.75 Å². The lowest BCUT2D eigenvalue weighted by atomic mass is 10.1. The molecule has 1 unspecified atom stereocenters. The maximum atomic E-state index is 14.0. The summed E-state index contributed by atoms with van der Waals surface area (Å²) < 4.78 is 34.2. The molecule has 0 aliphatic rings. The molecule has 0 aliphatic heterocycles. The van der Waals surface area contributed by atoms with Crippen molar-refractivity contribution >= 4 is 39.1 Å². The van der Waals surface area contributed by atoms with Crippen LogP contribution >= 0.6 is 11.6 Å². The van der Waals surface area contributed by atoms with Crippen molar-refractivity contribution in [1.82, 2.24) is 10.2 Å². The van der Waals surface area contributed by atoms with Crippen LogP contribution in [-0.2, 0) is 26.2 Å². The van der Waals surface area contributed by atoms with Gasteiger partial charge in [0.05, 0.1) is 17.7 Å². The van der Waals surface area contributed by atoms with Gasteiger partial charge < -0.3 is 15.0 Å². The van der Waals surface area contributed by atoms with Crippen LogP contribution in [0, 0.1) is 13.8 Å². The topological polar surface area (TPSA) is 96.0 Å². The first-order valence-corrected chi connectivity index (χ1v) is 14.7. The van der Waals surface area contributed by atoms with Gasteiger partial charge in [-0.05, 0) is 82.1 Å². The molecular formula is C30H36ClN3O5S. The number of methoxy groups -OCH3 is 1. The number of hydrogen-bond donors (Lipinski definition) is 1.